The summed E-state index contributed by atoms with van der Waals surface area (Å²) in [5, 5.41) is 5.64. The number of hydrogen-bond donors (Lipinski definition) is 1. The maximum atomic E-state index is 4.59. The molecule has 1 aromatic carbocycles. The van der Waals surface area contributed by atoms with Gasteiger partial charge in [-0.25, -0.2) is 4.98 Å². The zero-order chi connectivity index (χ0) is 13.1. The average Bonchev–Trinajstić information content (AvgIpc) is 3.01. The molecule has 19 heavy (non-hydrogen) atoms. The number of hydrogen-bond acceptors (Lipinski definition) is 3. The Morgan fingerprint density at radius 2 is 2.16 bits per heavy atom. The number of fused-ring (bicyclic) bond motifs is 1. The number of nitrogens with one attached hydrogen (secondary N) is 1. The zero-order valence-electron chi connectivity index (χ0n) is 10.9. The van der Waals surface area contributed by atoms with Crippen LogP contribution in [0.2, 0.25) is 0 Å². The molecule has 0 saturated heterocycles. The second kappa shape index (κ2) is 5.55. The summed E-state index contributed by atoms with van der Waals surface area (Å²) < 4.78 is 2.07. The molecular weight excluding hydrogens is 254 g/mol. The number of nitrogens with zero attached hydrogens (tertiary/aromatic N) is 2. The third-order valence-electron chi connectivity index (χ3n) is 3.28. The van der Waals surface area contributed by atoms with E-state index in [0.717, 1.165) is 23.6 Å². The van der Waals surface area contributed by atoms with Crippen molar-refractivity contribution in [1.82, 2.24) is 14.7 Å². The predicted octanol–water partition coefficient (Wildman–Crippen LogP) is 3.64. The Morgan fingerprint density at radius 3 is 2.89 bits per heavy atom. The molecule has 1 unspecified atom stereocenters. The van der Waals surface area contributed by atoms with Crippen molar-refractivity contribution in [3.8, 4) is 0 Å². The highest BCUT2D eigenvalue weighted by molar-refractivity contribution is 7.15. The van der Waals surface area contributed by atoms with E-state index < -0.39 is 0 Å². The maximum absolute atomic E-state index is 4.59. The van der Waals surface area contributed by atoms with Crippen LogP contribution in [0.15, 0.2) is 48.1 Å². The van der Waals surface area contributed by atoms with Gasteiger partial charge in [-0.05, 0) is 12.0 Å². The Kier molecular flexibility index (Phi) is 3.62. The average molecular weight is 271 g/mol. The fourth-order valence-corrected chi connectivity index (χ4v) is 2.99. The van der Waals surface area contributed by atoms with E-state index in [4.69, 9.17) is 0 Å². The molecule has 3 nitrogen and oxygen atoms in total. The van der Waals surface area contributed by atoms with E-state index in [1.165, 1.54) is 5.56 Å². The molecule has 1 N–H and O–H groups in total. The molecule has 4 heteroatoms. The minimum atomic E-state index is 0.390. The Labute approximate surface area is 116 Å². The lowest BCUT2D eigenvalue weighted by atomic mass is 10.0. The van der Waals surface area contributed by atoms with Crippen molar-refractivity contribution in [1.29, 1.82) is 0 Å². The van der Waals surface area contributed by atoms with Gasteiger partial charge in [-0.1, -0.05) is 37.3 Å². The molecule has 1 atom stereocenters. The fourth-order valence-electron chi connectivity index (χ4n) is 2.27. The van der Waals surface area contributed by atoms with Gasteiger partial charge >= 0.3 is 0 Å². The summed E-state index contributed by atoms with van der Waals surface area (Å²) in [6.45, 7) is 3.01. The van der Waals surface area contributed by atoms with Crippen LogP contribution in [0.3, 0.4) is 0 Å². The topological polar surface area (TPSA) is 29.3 Å². The third-order valence-corrected chi connectivity index (χ3v) is 4.05. The van der Waals surface area contributed by atoms with Crippen LogP contribution < -0.4 is 5.32 Å². The van der Waals surface area contributed by atoms with Crippen LogP contribution in [-0.4, -0.2) is 9.38 Å². The molecule has 0 aliphatic carbocycles. The Hall–Kier alpha value is -1.65. The molecule has 0 radical (unpaired) electrons. The molecule has 3 aromatic rings. The fraction of sp³-hybridized carbons (Fsp3) is 0.267. The van der Waals surface area contributed by atoms with Crippen LogP contribution in [0.25, 0.3) is 4.96 Å². The van der Waals surface area contributed by atoms with Gasteiger partial charge in [-0.15, -0.1) is 11.3 Å². The highest BCUT2D eigenvalue weighted by atomic mass is 32.1. The van der Waals surface area contributed by atoms with Crippen molar-refractivity contribution in [2.24, 2.45) is 0 Å². The molecule has 0 saturated carbocycles. The summed E-state index contributed by atoms with van der Waals surface area (Å²) in [5.74, 6) is 0. The van der Waals surface area contributed by atoms with Gasteiger partial charge in [0.1, 0.15) is 0 Å². The molecule has 0 bridgehead atoms. The standard InChI is InChI=1S/C15H17N3S/c1-2-14(12-6-4-3-5-7-12)16-10-13-11-18-8-9-19-15(18)17-13/h3-9,11,14,16H,2,10H2,1H3. The highest BCUT2D eigenvalue weighted by Crippen LogP contribution is 2.17. The van der Waals surface area contributed by atoms with Crippen LogP contribution in [0.4, 0.5) is 0 Å². The summed E-state index contributed by atoms with van der Waals surface area (Å²) in [7, 11) is 0. The molecule has 0 aliphatic heterocycles. The first kappa shape index (κ1) is 12.4. The summed E-state index contributed by atoms with van der Waals surface area (Å²) in [6.07, 6.45) is 5.22. The van der Waals surface area contributed by atoms with Crippen molar-refractivity contribution in [3.63, 3.8) is 0 Å². The predicted molar refractivity (Wildman–Crippen MR) is 79.4 cm³/mol. The number of benzene rings is 1. The number of aromatic nitrogens is 2. The van der Waals surface area contributed by atoms with Crippen LogP contribution in [0.5, 0.6) is 0 Å². The number of thiazole rings is 1. The SMILES string of the molecule is CCC(NCc1cn2ccsc2n1)c1ccccc1. The highest BCUT2D eigenvalue weighted by Gasteiger charge is 2.09. The third kappa shape index (κ3) is 2.69. The lowest BCUT2D eigenvalue weighted by molar-refractivity contribution is 0.515. The van der Waals surface area contributed by atoms with Gasteiger partial charge in [0, 0.05) is 30.4 Å². The lowest BCUT2D eigenvalue weighted by Crippen LogP contribution is -2.20. The molecule has 0 fully saturated rings. The summed E-state index contributed by atoms with van der Waals surface area (Å²) in [5.41, 5.74) is 2.44. The molecule has 0 spiro atoms. The van der Waals surface area contributed by atoms with Crippen LogP contribution in [0, 0.1) is 0 Å². The van der Waals surface area contributed by atoms with E-state index in [9.17, 15) is 0 Å². The van der Waals surface area contributed by atoms with Gasteiger partial charge in [0.05, 0.1) is 5.69 Å². The molecule has 2 aromatic heterocycles. The number of rotatable bonds is 5. The normalized spacial score (nSPS) is 12.9. The molecule has 98 valence electrons. The van der Waals surface area contributed by atoms with Crippen molar-refractivity contribution in [3.05, 3.63) is 59.4 Å². The molecule has 2 heterocycles. The van der Waals surface area contributed by atoms with Crippen LogP contribution in [-0.2, 0) is 6.54 Å². The first-order valence-corrected chi connectivity index (χ1v) is 7.44. The zero-order valence-corrected chi connectivity index (χ0v) is 11.7. The van der Waals surface area contributed by atoms with E-state index >= 15 is 0 Å². The van der Waals surface area contributed by atoms with Crippen molar-refractivity contribution in [2.75, 3.05) is 0 Å². The maximum Gasteiger partial charge on any atom is 0.193 e. The van der Waals surface area contributed by atoms with Crippen molar-refractivity contribution >= 4 is 16.3 Å². The molecule has 0 amide bonds. The van der Waals surface area contributed by atoms with Gasteiger partial charge in [-0.2, -0.15) is 0 Å². The van der Waals surface area contributed by atoms with Gasteiger partial charge in [0.25, 0.3) is 0 Å². The Bertz CT molecular complexity index is 613. The quantitative estimate of drug-likeness (QED) is 0.767. The Balaban J connectivity index is 1.69. The van der Waals surface area contributed by atoms with E-state index in [2.05, 4.69) is 63.5 Å². The summed E-state index contributed by atoms with van der Waals surface area (Å²) in [4.78, 5) is 5.65. The van der Waals surface area contributed by atoms with E-state index in [-0.39, 0.29) is 0 Å². The van der Waals surface area contributed by atoms with Crippen molar-refractivity contribution in [2.45, 2.75) is 25.9 Å². The second-order valence-corrected chi connectivity index (χ2v) is 5.45. The molecule has 3 rings (SSSR count). The molecule has 0 aliphatic rings. The van der Waals surface area contributed by atoms with E-state index in [1.54, 1.807) is 11.3 Å². The second-order valence-electron chi connectivity index (χ2n) is 4.58. The Morgan fingerprint density at radius 1 is 1.32 bits per heavy atom. The van der Waals surface area contributed by atoms with Gasteiger partial charge in [0.2, 0.25) is 0 Å². The monoisotopic (exact) mass is 271 g/mol. The summed E-state index contributed by atoms with van der Waals surface area (Å²) in [6, 6.07) is 11.0. The van der Waals surface area contributed by atoms with E-state index in [0.29, 0.717) is 6.04 Å². The van der Waals surface area contributed by atoms with Crippen LogP contribution >= 0.6 is 11.3 Å². The summed E-state index contributed by atoms with van der Waals surface area (Å²) >= 11 is 1.67. The number of imidazole rings is 1. The van der Waals surface area contributed by atoms with E-state index in [1.807, 2.05) is 6.20 Å². The van der Waals surface area contributed by atoms with Gasteiger partial charge < -0.3 is 5.32 Å². The minimum absolute atomic E-state index is 0.390. The lowest BCUT2D eigenvalue weighted by Gasteiger charge is -2.16. The smallest absolute Gasteiger partial charge is 0.193 e. The van der Waals surface area contributed by atoms with Gasteiger partial charge in [0.15, 0.2) is 4.96 Å². The largest absolute Gasteiger partial charge is 0.304 e. The first-order chi connectivity index (χ1) is 9.36. The van der Waals surface area contributed by atoms with Gasteiger partial charge in [-0.3, -0.25) is 4.40 Å². The van der Waals surface area contributed by atoms with Crippen LogP contribution in [0.1, 0.15) is 30.6 Å². The first-order valence-electron chi connectivity index (χ1n) is 6.56. The minimum Gasteiger partial charge on any atom is -0.304 e. The molecular formula is C15H17N3S. The van der Waals surface area contributed by atoms with Crippen molar-refractivity contribution < 1.29 is 0 Å².